The van der Waals surface area contributed by atoms with E-state index in [1.54, 1.807) is 12.1 Å². The molecule has 3 aromatic rings. The third-order valence-corrected chi connectivity index (χ3v) is 4.95. The molecule has 0 saturated heterocycles. The predicted octanol–water partition coefficient (Wildman–Crippen LogP) is 3.85. The van der Waals surface area contributed by atoms with Crippen LogP contribution < -0.4 is 0 Å². The summed E-state index contributed by atoms with van der Waals surface area (Å²) in [7, 11) is 0. The van der Waals surface area contributed by atoms with E-state index in [1.807, 2.05) is 6.92 Å². The number of hydrogen-bond acceptors (Lipinski definition) is 8. The van der Waals surface area contributed by atoms with E-state index in [0.29, 0.717) is 22.5 Å². The third-order valence-electron chi connectivity index (χ3n) is 4.52. The number of imide groups is 1. The number of amides is 2. The number of ether oxygens (including phenoxy) is 1. The highest BCUT2D eigenvalue weighted by Crippen LogP contribution is 2.26. The number of aromatic nitrogens is 2. The van der Waals surface area contributed by atoms with Crippen LogP contribution in [0.4, 0.5) is 0 Å². The van der Waals surface area contributed by atoms with Crippen molar-refractivity contribution in [3.05, 3.63) is 57.6 Å². The summed E-state index contributed by atoms with van der Waals surface area (Å²) in [6.45, 7) is 2.08. The first-order valence-corrected chi connectivity index (χ1v) is 10.0. The molecule has 0 fully saturated rings. The summed E-state index contributed by atoms with van der Waals surface area (Å²) in [4.78, 5) is 38.5. The Kier molecular flexibility index (Phi) is 5.49. The zero-order valence-electron chi connectivity index (χ0n) is 15.9. The number of furan rings is 1. The van der Waals surface area contributed by atoms with Gasteiger partial charge in [0.1, 0.15) is 0 Å². The molecule has 4 rings (SSSR count). The maximum atomic E-state index is 12.5. The number of carbonyl (C=O) groups is 3. The van der Waals surface area contributed by atoms with E-state index < -0.39 is 11.9 Å². The maximum Gasteiger partial charge on any atom is 0.338 e. The Bertz CT molecular complexity index is 1140. The lowest BCUT2D eigenvalue weighted by atomic mass is 10.1. The number of carbonyl (C=O) groups excluding carboxylic acids is 3. The number of esters is 1. The molecule has 9 nitrogen and oxygen atoms in total. The number of benzene rings is 1. The van der Waals surface area contributed by atoms with Gasteiger partial charge in [0.2, 0.25) is 0 Å². The van der Waals surface area contributed by atoms with E-state index >= 15 is 0 Å². The molecule has 0 radical (unpaired) electrons. The average Bonchev–Trinajstić information content (AvgIpc) is 3.44. The van der Waals surface area contributed by atoms with Crippen LogP contribution in [0.1, 0.15) is 56.7 Å². The fourth-order valence-corrected chi connectivity index (χ4v) is 3.29. The number of rotatable bonds is 7. The standard InChI is InChI=1S/C20H16BrN3O6/c1-2-3-8-24-18(25)12-5-4-11(9-13(12)19(24)26)20(27)28-10-16-22-23-17(30-16)14-6-7-15(21)29-14/h4-7,9H,2-3,8,10H2,1H3. The van der Waals surface area contributed by atoms with Gasteiger partial charge in [-0.3, -0.25) is 14.5 Å². The molecule has 0 saturated carbocycles. The van der Waals surface area contributed by atoms with E-state index in [2.05, 4.69) is 26.1 Å². The van der Waals surface area contributed by atoms with Crippen LogP contribution in [0.3, 0.4) is 0 Å². The highest BCUT2D eigenvalue weighted by Gasteiger charge is 2.35. The third kappa shape index (κ3) is 3.78. The Morgan fingerprint density at radius 3 is 2.63 bits per heavy atom. The number of hydrogen-bond donors (Lipinski definition) is 0. The first-order valence-electron chi connectivity index (χ1n) is 9.23. The van der Waals surface area contributed by atoms with Gasteiger partial charge in [0, 0.05) is 6.54 Å². The lowest BCUT2D eigenvalue weighted by Crippen LogP contribution is -2.30. The fraction of sp³-hybridized carbons (Fsp3) is 0.250. The van der Waals surface area contributed by atoms with Gasteiger partial charge in [0.05, 0.1) is 16.7 Å². The van der Waals surface area contributed by atoms with Crippen LogP contribution in [-0.2, 0) is 11.3 Å². The molecule has 1 aliphatic heterocycles. The van der Waals surface area contributed by atoms with Gasteiger partial charge >= 0.3 is 5.97 Å². The van der Waals surface area contributed by atoms with Crippen LogP contribution >= 0.6 is 15.9 Å². The molecule has 2 aromatic heterocycles. The van der Waals surface area contributed by atoms with Crippen molar-refractivity contribution in [2.45, 2.75) is 26.4 Å². The SMILES string of the molecule is CCCCN1C(=O)c2ccc(C(=O)OCc3nnc(-c4ccc(Br)o4)o3)cc2C1=O. The van der Waals surface area contributed by atoms with Crippen molar-refractivity contribution in [1.29, 1.82) is 0 Å². The summed E-state index contributed by atoms with van der Waals surface area (Å²) in [6.07, 6.45) is 1.58. The Morgan fingerprint density at radius 1 is 1.10 bits per heavy atom. The summed E-state index contributed by atoms with van der Waals surface area (Å²) in [6, 6.07) is 7.64. The molecular weight excluding hydrogens is 458 g/mol. The fourth-order valence-electron chi connectivity index (χ4n) is 2.99. The van der Waals surface area contributed by atoms with Crippen molar-refractivity contribution in [3.63, 3.8) is 0 Å². The molecule has 0 N–H and O–H groups in total. The van der Waals surface area contributed by atoms with Crippen LogP contribution in [0.25, 0.3) is 11.7 Å². The predicted molar refractivity (Wildman–Crippen MR) is 106 cm³/mol. The zero-order chi connectivity index (χ0) is 21.3. The molecule has 0 unspecified atom stereocenters. The van der Waals surface area contributed by atoms with Crippen LogP contribution in [0.2, 0.25) is 0 Å². The monoisotopic (exact) mass is 473 g/mol. The van der Waals surface area contributed by atoms with Crippen molar-refractivity contribution in [2.75, 3.05) is 6.54 Å². The molecule has 10 heteroatoms. The van der Waals surface area contributed by atoms with Gasteiger partial charge in [-0.1, -0.05) is 13.3 Å². The summed E-state index contributed by atoms with van der Waals surface area (Å²) in [5.41, 5.74) is 0.648. The minimum atomic E-state index is -0.675. The first-order chi connectivity index (χ1) is 14.5. The van der Waals surface area contributed by atoms with Crippen molar-refractivity contribution in [1.82, 2.24) is 15.1 Å². The Hall–Kier alpha value is -3.27. The molecule has 0 atom stereocenters. The zero-order valence-corrected chi connectivity index (χ0v) is 17.5. The van der Waals surface area contributed by atoms with E-state index in [9.17, 15) is 14.4 Å². The lowest BCUT2D eigenvalue weighted by molar-refractivity contribution is 0.0438. The van der Waals surface area contributed by atoms with Crippen LogP contribution in [0.5, 0.6) is 0 Å². The van der Waals surface area contributed by atoms with Crippen LogP contribution in [0, 0.1) is 0 Å². The molecule has 3 heterocycles. The minimum Gasteiger partial charge on any atom is -0.452 e. The van der Waals surface area contributed by atoms with Gasteiger partial charge in [-0.2, -0.15) is 0 Å². The summed E-state index contributed by atoms with van der Waals surface area (Å²) in [5.74, 6) is -0.799. The molecule has 0 spiro atoms. The van der Waals surface area contributed by atoms with E-state index in [1.165, 1.54) is 23.1 Å². The van der Waals surface area contributed by atoms with E-state index in [4.69, 9.17) is 13.6 Å². The largest absolute Gasteiger partial charge is 0.452 e. The molecule has 0 aliphatic carbocycles. The summed E-state index contributed by atoms with van der Waals surface area (Å²) in [5, 5.41) is 7.65. The number of halogens is 1. The molecular formula is C20H16BrN3O6. The van der Waals surface area contributed by atoms with Crippen molar-refractivity contribution < 1.29 is 28.0 Å². The molecule has 1 aliphatic rings. The minimum absolute atomic E-state index is 0.0871. The quantitative estimate of drug-likeness (QED) is 0.375. The Balaban J connectivity index is 1.43. The second-order valence-corrected chi connectivity index (χ2v) is 7.34. The molecule has 1 aromatic carbocycles. The van der Waals surface area contributed by atoms with Gasteiger partial charge < -0.3 is 13.6 Å². The van der Waals surface area contributed by atoms with Gasteiger partial charge in [0.15, 0.2) is 17.0 Å². The second-order valence-electron chi connectivity index (χ2n) is 6.56. The van der Waals surface area contributed by atoms with Crippen molar-refractivity contribution in [2.24, 2.45) is 0 Å². The van der Waals surface area contributed by atoms with Gasteiger partial charge in [-0.15, -0.1) is 10.2 Å². The Labute approximate surface area is 179 Å². The van der Waals surface area contributed by atoms with E-state index in [0.717, 1.165) is 12.8 Å². The van der Waals surface area contributed by atoms with Gasteiger partial charge in [-0.25, -0.2) is 4.79 Å². The summed E-state index contributed by atoms with van der Waals surface area (Å²) < 4.78 is 16.4. The topological polar surface area (TPSA) is 116 Å². The average molecular weight is 474 g/mol. The van der Waals surface area contributed by atoms with Crippen molar-refractivity contribution in [3.8, 4) is 11.7 Å². The number of nitrogens with zero attached hydrogens (tertiary/aromatic N) is 3. The second kappa shape index (κ2) is 8.23. The molecule has 2 amide bonds. The smallest absolute Gasteiger partial charge is 0.338 e. The van der Waals surface area contributed by atoms with Crippen LogP contribution in [0.15, 0.2) is 43.8 Å². The number of unbranched alkanes of at least 4 members (excludes halogenated alkanes) is 1. The summed E-state index contributed by atoms with van der Waals surface area (Å²) >= 11 is 3.18. The van der Waals surface area contributed by atoms with Crippen LogP contribution in [-0.4, -0.2) is 39.4 Å². The van der Waals surface area contributed by atoms with Gasteiger partial charge in [0.25, 0.3) is 23.6 Å². The lowest BCUT2D eigenvalue weighted by Gasteiger charge is -2.12. The van der Waals surface area contributed by atoms with E-state index in [-0.39, 0.29) is 35.4 Å². The normalized spacial score (nSPS) is 13.1. The Morgan fingerprint density at radius 2 is 1.90 bits per heavy atom. The first kappa shape index (κ1) is 20.0. The highest BCUT2D eigenvalue weighted by atomic mass is 79.9. The molecule has 0 bridgehead atoms. The highest BCUT2D eigenvalue weighted by molar-refractivity contribution is 9.10. The van der Waals surface area contributed by atoms with Gasteiger partial charge in [-0.05, 0) is 52.7 Å². The number of fused-ring (bicyclic) bond motifs is 1. The molecule has 154 valence electrons. The molecule has 30 heavy (non-hydrogen) atoms. The maximum absolute atomic E-state index is 12.5. The van der Waals surface area contributed by atoms with Crippen molar-refractivity contribution >= 4 is 33.7 Å².